The highest BCUT2D eigenvalue weighted by Gasteiger charge is 2.70. The Morgan fingerprint density at radius 2 is 0.833 bits per heavy atom. The molecule has 3 N–H and O–H groups in total. The van der Waals surface area contributed by atoms with E-state index in [9.17, 15) is 41.7 Å². The van der Waals surface area contributed by atoms with E-state index in [1.807, 2.05) is 44.9 Å². The van der Waals surface area contributed by atoms with Crippen LogP contribution in [-0.2, 0) is 10.8 Å². The number of alkyl halides is 6. The van der Waals surface area contributed by atoms with Gasteiger partial charge in [-0.3, -0.25) is 0 Å². The standard InChI is InChI=1S/C24H24F6O2.C21H24O/c1-5-21(6-2,19-9-10-20(31)16(4)14-19)18-8-7-17(15(3)13-18)11-12-22(32,23(25,26)27)24(28,29)30;1-6-17-9-10-18(13-15(17)4)21(7-2,8-3)19-11-12-20(22)16(5)14-19/h7-10,13-14,31-32H,5-6H2,1-4H3;1,9-14,22H,7-8H2,2-5H3. The van der Waals surface area contributed by atoms with E-state index in [1.165, 1.54) is 24.1 Å². The van der Waals surface area contributed by atoms with Gasteiger partial charge in [0.25, 0.3) is 0 Å². The van der Waals surface area contributed by atoms with Crippen molar-refractivity contribution in [2.24, 2.45) is 0 Å². The number of aliphatic hydroxyl groups is 1. The number of rotatable bonds is 8. The summed E-state index contributed by atoms with van der Waals surface area (Å²) in [5.74, 6) is 6.09. The van der Waals surface area contributed by atoms with Gasteiger partial charge < -0.3 is 15.3 Å². The summed E-state index contributed by atoms with van der Waals surface area (Å²) in [4.78, 5) is 0. The molecule has 0 aliphatic rings. The Balaban J connectivity index is 0.000000311. The highest BCUT2D eigenvalue weighted by atomic mass is 19.4. The Hall–Kier alpha value is -4.86. The number of terminal acetylenes is 1. The molecule has 9 heteroatoms. The first kappa shape index (κ1) is 43.5. The van der Waals surface area contributed by atoms with Gasteiger partial charge in [0.1, 0.15) is 11.5 Å². The van der Waals surface area contributed by atoms with E-state index < -0.39 is 23.4 Å². The van der Waals surface area contributed by atoms with E-state index in [0.29, 0.717) is 29.7 Å². The quantitative estimate of drug-likeness (QED) is 0.124. The lowest BCUT2D eigenvalue weighted by Crippen LogP contribution is -2.55. The van der Waals surface area contributed by atoms with Crippen molar-refractivity contribution in [2.45, 2.75) is 110 Å². The molecule has 0 unspecified atom stereocenters. The topological polar surface area (TPSA) is 60.7 Å². The Morgan fingerprint density at radius 3 is 1.11 bits per heavy atom. The van der Waals surface area contributed by atoms with Crippen LogP contribution < -0.4 is 0 Å². The van der Waals surface area contributed by atoms with Crippen LogP contribution in [0, 0.1) is 51.9 Å². The van der Waals surface area contributed by atoms with E-state index in [-0.39, 0.29) is 16.7 Å². The fraction of sp³-hybridized carbons (Fsp3) is 0.378. The van der Waals surface area contributed by atoms with Gasteiger partial charge in [-0.05, 0) is 128 Å². The molecule has 0 saturated carbocycles. The monoisotopic (exact) mass is 750 g/mol. The molecule has 0 radical (unpaired) electrons. The van der Waals surface area contributed by atoms with Gasteiger partial charge in [-0.25, -0.2) is 0 Å². The number of hydrogen-bond donors (Lipinski definition) is 3. The molecule has 4 rings (SSSR count). The normalized spacial score (nSPS) is 12.3. The molecule has 0 amide bonds. The second-order valence-corrected chi connectivity index (χ2v) is 13.7. The smallest absolute Gasteiger partial charge is 0.438 e. The summed E-state index contributed by atoms with van der Waals surface area (Å²) in [7, 11) is 0. The van der Waals surface area contributed by atoms with Gasteiger partial charge in [0.2, 0.25) is 0 Å². The van der Waals surface area contributed by atoms with E-state index >= 15 is 0 Å². The molecule has 0 fully saturated rings. The molecule has 0 spiro atoms. The van der Waals surface area contributed by atoms with Crippen LogP contribution >= 0.6 is 0 Å². The molecule has 0 aliphatic heterocycles. The second kappa shape index (κ2) is 16.7. The summed E-state index contributed by atoms with van der Waals surface area (Å²) >= 11 is 0. The average molecular weight is 751 g/mol. The molecule has 0 heterocycles. The van der Waals surface area contributed by atoms with Gasteiger partial charge in [-0.1, -0.05) is 88.1 Å². The molecule has 54 heavy (non-hydrogen) atoms. The third-order valence-corrected chi connectivity index (χ3v) is 10.8. The van der Waals surface area contributed by atoms with Crippen LogP contribution in [0.2, 0.25) is 0 Å². The minimum Gasteiger partial charge on any atom is -0.508 e. The van der Waals surface area contributed by atoms with Crippen molar-refractivity contribution in [3.05, 3.63) is 128 Å². The van der Waals surface area contributed by atoms with Crippen molar-refractivity contribution in [3.63, 3.8) is 0 Å². The zero-order valence-corrected chi connectivity index (χ0v) is 31.9. The molecule has 4 aromatic rings. The first-order valence-corrected chi connectivity index (χ1v) is 17.8. The third kappa shape index (κ3) is 8.43. The van der Waals surface area contributed by atoms with Gasteiger partial charge in [0.15, 0.2) is 0 Å². The van der Waals surface area contributed by atoms with Gasteiger partial charge in [0, 0.05) is 22.0 Å². The van der Waals surface area contributed by atoms with Gasteiger partial charge in [0.05, 0.1) is 0 Å². The van der Waals surface area contributed by atoms with Crippen LogP contribution in [0.5, 0.6) is 11.5 Å². The largest absolute Gasteiger partial charge is 0.508 e. The Bertz CT molecular complexity index is 2040. The summed E-state index contributed by atoms with van der Waals surface area (Å²) in [5, 5.41) is 28.9. The molecule has 288 valence electrons. The summed E-state index contributed by atoms with van der Waals surface area (Å²) in [5.41, 5.74) is 2.67. The van der Waals surface area contributed by atoms with Gasteiger partial charge >= 0.3 is 18.0 Å². The van der Waals surface area contributed by atoms with Crippen LogP contribution in [0.4, 0.5) is 26.3 Å². The SMILES string of the molecule is C#Cc1ccc(C(CC)(CC)c2ccc(O)c(C)c2)cc1C.CCC(CC)(c1ccc(O)c(C)c1)c1ccc(C#CC(O)(C(F)(F)F)C(F)(F)F)c(C)c1. The maximum absolute atomic E-state index is 12.9. The minimum atomic E-state index is -6.00. The number of aryl methyl sites for hydroxylation is 4. The number of phenols is 2. The van der Waals surface area contributed by atoms with Crippen molar-refractivity contribution in [2.75, 3.05) is 0 Å². The van der Waals surface area contributed by atoms with Crippen molar-refractivity contribution >= 4 is 0 Å². The van der Waals surface area contributed by atoms with Crippen LogP contribution in [0.1, 0.15) is 109 Å². The second-order valence-electron chi connectivity index (χ2n) is 13.7. The van der Waals surface area contributed by atoms with E-state index in [0.717, 1.165) is 46.6 Å². The molecular formula is C45H48F6O3. The number of aromatic hydroxyl groups is 2. The van der Waals surface area contributed by atoms with E-state index in [4.69, 9.17) is 6.42 Å². The Labute approximate surface area is 315 Å². The molecule has 0 atom stereocenters. The summed E-state index contributed by atoms with van der Waals surface area (Å²) < 4.78 is 77.2. The third-order valence-electron chi connectivity index (χ3n) is 10.8. The lowest BCUT2D eigenvalue weighted by atomic mass is 9.70. The first-order valence-electron chi connectivity index (χ1n) is 17.8. The average Bonchev–Trinajstić information content (AvgIpc) is 3.11. The zero-order chi connectivity index (χ0) is 40.9. The van der Waals surface area contributed by atoms with Crippen molar-refractivity contribution < 1.29 is 41.7 Å². The molecule has 0 aromatic heterocycles. The van der Waals surface area contributed by atoms with Crippen molar-refractivity contribution in [3.8, 4) is 35.7 Å². The van der Waals surface area contributed by atoms with Gasteiger partial charge in [-0.2, -0.15) is 26.3 Å². The number of benzene rings is 4. The van der Waals surface area contributed by atoms with Crippen molar-refractivity contribution in [1.29, 1.82) is 0 Å². The molecule has 0 saturated heterocycles. The Kier molecular flexibility index (Phi) is 13.4. The lowest BCUT2D eigenvalue weighted by Gasteiger charge is -2.34. The van der Waals surface area contributed by atoms with E-state index in [1.54, 1.807) is 37.3 Å². The first-order chi connectivity index (χ1) is 25.1. The molecular weight excluding hydrogens is 702 g/mol. The van der Waals surface area contributed by atoms with Crippen LogP contribution in [0.25, 0.3) is 0 Å². The predicted molar refractivity (Wildman–Crippen MR) is 203 cm³/mol. The molecule has 0 bridgehead atoms. The molecule has 3 nitrogen and oxygen atoms in total. The highest BCUT2D eigenvalue weighted by molar-refractivity contribution is 5.51. The van der Waals surface area contributed by atoms with E-state index in [2.05, 4.69) is 44.9 Å². The Morgan fingerprint density at radius 1 is 0.519 bits per heavy atom. The lowest BCUT2D eigenvalue weighted by molar-refractivity contribution is -0.343. The summed E-state index contributed by atoms with van der Waals surface area (Å²) in [6.07, 6.45) is -3.11. The zero-order valence-electron chi connectivity index (χ0n) is 31.9. The fourth-order valence-corrected chi connectivity index (χ4v) is 7.06. The number of hydrogen-bond acceptors (Lipinski definition) is 3. The maximum Gasteiger partial charge on any atom is 0.438 e. The fourth-order valence-electron chi connectivity index (χ4n) is 7.06. The number of halogens is 6. The van der Waals surface area contributed by atoms with Crippen molar-refractivity contribution in [1.82, 2.24) is 0 Å². The van der Waals surface area contributed by atoms with Gasteiger partial charge in [-0.15, -0.1) is 6.42 Å². The summed E-state index contributed by atoms with van der Waals surface area (Å²) in [6.45, 7) is 15.7. The summed E-state index contributed by atoms with van der Waals surface area (Å²) in [6, 6.07) is 22.2. The number of phenolic OH excluding ortho intramolecular Hbond substituents is 2. The van der Waals surface area contributed by atoms with Crippen LogP contribution in [0.15, 0.2) is 72.8 Å². The van der Waals surface area contributed by atoms with Crippen LogP contribution in [0.3, 0.4) is 0 Å². The minimum absolute atomic E-state index is 0.0453. The highest BCUT2D eigenvalue weighted by Crippen LogP contribution is 2.44. The predicted octanol–water partition coefficient (Wildman–Crippen LogP) is 11.4. The molecule has 4 aromatic carbocycles. The van der Waals surface area contributed by atoms with Crippen LogP contribution in [-0.4, -0.2) is 33.3 Å². The molecule has 0 aliphatic carbocycles. The maximum atomic E-state index is 12.9.